The van der Waals surface area contributed by atoms with E-state index in [4.69, 9.17) is 18.9 Å². The molecule has 0 N–H and O–H groups in total. The summed E-state index contributed by atoms with van der Waals surface area (Å²) in [4.78, 5) is 0. The van der Waals surface area contributed by atoms with E-state index in [1.165, 1.54) is 0 Å². The second-order valence-corrected chi connectivity index (χ2v) is 6.30. The van der Waals surface area contributed by atoms with Crippen molar-refractivity contribution in [3.63, 3.8) is 0 Å². The maximum Gasteiger partial charge on any atom is 0.124 e. The van der Waals surface area contributed by atoms with Crippen molar-refractivity contribution in [2.75, 3.05) is 27.4 Å². The van der Waals surface area contributed by atoms with E-state index in [0.29, 0.717) is 13.2 Å². The van der Waals surface area contributed by atoms with Gasteiger partial charge in [-0.15, -0.1) is 0 Å². The summed E-state index contributed by atoms with van der Waals surface area (Å²) in [6.07, 6.45) is 0. The average molecular weight is 312 g/mol. The summed E-state index contributed by atoms with van der Waals surface area (Å²) >= 11 is 0. The van der Waals surface area contributed by atoms with Crippen LogP contribution in [0.1, 0.15) is 22.3 Å². The number of benzene rings is 2. The molecule has 0 bridgehead atoms. The summed E-state index contributed by atoms with van der Waals surface area (Å²) < 4.78 is 23.0. The van der Waals surface area contributed by atoms with Gasteiger partial charge in [-0.3, -0.25) is 0 Å². The van der Waals surface area contributed by atoms with Crippen LogP contribution in [0.25, 0.3) is 0 Å². The Bertz CT molecular complexity index is 727. The Morgan fingerprint density at radius 3 is 1.61 bits per heavy atom. The molecule has 0 aliphatic carbocycles. The molecule has 0 radical (unpaired) electrons. The van der Waals surface area contributed by atoms with Gasteiger partial charge in [0.1, 0.15) is 36.2 Å². The van der Waals surface area contributed by atoms with Gasteiger partial charge >= 0.3 is 0 Å². The van der Waals surface area contributed by atoms with Crippen molar-refractivity contribution >= 4 is 0 Å². The molecule has 2 aromatic rings. The van der Waals surface area contributed by atoms with Crippen LogP contribution in [0.5, 0.6) is 23.0 Å². The Morgan fingerprint density at radius 2 is 1.22 bits per heavy atom. The van der Waals surface area contributed by atoms with Crippen molar-refractivity contribution in [2.24, 2.45) is 0 Å². The fraction of sp³-hybridized carbons (Fsp3) is 0.368. The zero-order valence-electron chi connectivity index (χ0n) is 13.9. The molecule has 0 unspecified atom stereocenters. The molecule has 2 aromatic carbocycles. The molecule has 0 aromatic heterocycles. The lowest BCUT2D eigenvalue weighted by atomic mass is 9.77. The van der Waals surface area contributed by atoms with E-state index in [-0.39, 0.29) is 5.41 Å². The minimum atomic E-state index is -0.285. The van der Waals surface area contributed by atoms with E-state index < -0.39 is 0 Å². The van der Waals surface area contributed by atoms with Crippen LogP contribution in [0.2, 0.25) is 0 Å². The summed E-state index contributed by atoms with van der Waals surface area (Å²) in [7, 11) is 3.39. The first-order chi connectivity index (χ1) is 11.1. The number of methoxy groups -OCH3 is 2. The first kappa shape index (κ1) is 14.2. The molecule has 4 rings (SSSR count). The molecule has 4 heteroatoms. The van der Waals surface area contributed by atoms with Crippen molar-refractivity contribution in [3.05, 3.63) is 46.5 Å². The highest BCUT2D eigenvalue weighted by molar-refractivity contribution is 5.62. The molecule has 4 nitrogen and oxygen atoms in total. The lowest BCUT2D eigenvalue weighted by Crippen LogP contribution is -2.31. The van der Waals surface area contributed by atoms with Gasteiger partial charge < -0.3 is 18.9 Å². The van der Waals surface area contributed by atoms with Gasteiger partial charge in [0.2, 0.25) is 0 Å². The number of fused-ring (bicyclic) bond motifs is 4. The number of aryl methyl sites for hydroxylation is 2. The monoisotopic (exact) mass is 312 g/mol. The predicted octanol–water partition coefficient (Wildman–Crippen LogP) is 3.39. The van der Waals surface area contributed by atoms with E-state index in [1.807, 2.05) is 26.0 Å². The molecule has 0 amide bonds. The van der Waals surface area contributed by atoms with E-state index in [1.54, 1.807) is 14.2 Å². The van der Waals surface area contributed by atoms with Gasteiger partial charge in [0.05, 0.1) is 19.6 Å². The zero-order chi connectivity index (χ0) is 16.2. The molecular formula is C19H20O4. The lowest BCUT2D eigenvalue weighted by molar-refractivity contribution is 0.237. The summed E-state index contributed by atoms with van der Waals surface area (Å²) in [5.41, 5.74) is 4.12. The van der Waals surface area contributed by atoms with Gasteiger partial charge in [-0.2, -0.15) is 0 Å². The molecule has 0 saturated carbocycles. The molecule has 2 heterocycles. The molecule has 0 atom stereocenters. The highest BCUT2D eigenvalue weighted by Crippen LogP contribution is 2.52. The van der Waals surface area contributed by atoms with Gasteiger partial charge in [0, 0.05) is 11.1 Å². The summed E-state index contributed by atoms with van der Waals surface area (Å²) in [5.74, 6) is 3.58. The highest BCUT2D eigenvalue weighted by atomic mass is 16.5. The Labute approximate surface area is 135 Å². The van der Waals surface area contributed by atoms with Crippen LogP contribution in [0.4, 0.5) is 0 Å². The fourth-order valence-electron chi connectivity index (χ4n) is 3.65. The van der Waals surface area contributed by atoms with E-state index in [9.17, 15) is 0 Å². The fourth-order valence-corrected chi connectivity index (χ4v) is 3.65. The van der Waals surface area contributed by atoms with Crippen LogP contribution in [0, 0.1) is 13.8 Å². The van der Waals surface area contributed by atoms with Crippen LogP contribution in [-0.4, -0.2) is 27.4 Å². The molecular weight excluding hydrogens is 292 g/mol. The maximum atomic E-state index is 6.00. The quantitative estimate of drug-likeness (QED) is 0.852. The molecule has 2 aliphatic rings. The molecule has 0 saturated heterocycles. The average Bonchev–Trinajstić information content (AvgIpc) is 3.08. The summed E-state index contributed by atoms with van der Waals surface area (Å²) in [5, 5.41) is 0. The summed E-state index contributed by atoms with van der Waals surface area (Å²) in [6, 6.07) is 8.27. The smallest absolute Gasteiger partial charge is 0.124 e. The molecule has 1 spiro atoms. The minimum absolute atomic E-state index is 0.285. The molecule has 2 aliphatic heterocycles. The predicted molar refractivity (Wildman–Crippen MR) is 87.2 cm³/mol. The minimum Gasteiger partial charge on any atom is -0.496 e. The largest absolute Gasteiger partial charge is 0.496 e. The standard InChI is InChI=1S/C19H20O4/c1-11-5-17-13(7-15(11)20-3)19(9-22-17)10-23-18-6-12(2)16(21-4)8-14(18)19/h5-8H,9-10H2,1-4H3. The second-order valence-electron chi connectivity index (χ2n) is 6.30. The Hall–Kier alpha value is -2.36. The van der Waals surface area contributed by atoms with Gasteiger partial charge in [-0.05, 0) is 49.2 Å². The van der Waals surface area contributed by atoms with Crippen LogP contribution in [-0.2, 0) is 5.41 Å². The van der Waals surface area contributed by atoms with E-state index in [0.717, 1.165) is 45.3 Å². The van der Waals surface area contributed by atoms with Crippen molar-refractivity contribution < 1.29 is 18.9 Å². The van der Waals surface area contributed by atoms with E-state index in [2.05, 4.69) is 12.1 Å². The van der Waals surface area contributed by atoms with Crippen molar-refractivity contribution in [1.29, 1.82) is 0 Å². The first-order valence-electron chi connectivity index (χ1n) is 7.73. The van der Waals surface area contributed by atoms with Gasteiger partial charge in [-0.1, -0.05) is 0 Å². The third-order valence-electron chi connectivity index (χ3n) is 4.97. The van der Waals surface area contributed by atoms with Crippen molar-refractivity contribution in [1.82, 2.24) is 0 Å². The van der Waals surface area contributed by atoms with Crippen LogP contribution >= 0.6 is 0 Å². The molecule has 0 fully saturated rings. The van der Waals surface area contributed by atoms with Gasteiger partial charge in [-0.25, -0.2) is 0 Å². The van der Waals surface area contributed by atoms with Crippen LogP contribution in [0.3, 0.4) is 0 Å². The third kappa shape index (κ3) is 1.84. The van der Waals surface area contributed by atoms with E-state index >= 15 is 0 Å². The molecule has 23 heavy (non-hydrogen) atoms. The number of hydrogen-bond donors (Lipinski definition) is 0. The van der Waals surface area contributed by atoms with Gasteiger partial charge in [0.15, 0.2) is 0 Å². The number of rotatable bonds is 2. The zero-order valence-corrected chi connectivity index (χ0v) is 13.9. The van der Waals surface area contributed by atoms with Gasteiger partial charge in [0.25, 0.3) is 0 Å². The second kappa shape index (κ2) is 4.82. The Balaban J connectivity index is 1.92. The van der Waals surface area contributed by atoms with Crippen LogP contribution < -0.4 is 18.9 Å². The SMILES string of the molecule is COc1cc2c(cc1C)OCC21COc2cc(C)c(OC)cc21. The summed E-state index contributed by atoms with van der Waals surface area (Å²) in [6.45, 7) is 5.21. The first-order valence-corrected chi connectivity index (χ1v) is 7.73. The Morgan fingerprint density at radius 1 is 0.783 bits per heavy atom. The van der Waals surface area contributed by atoms with Crippen LogP contribution in [0.15, 0.2) is 24.3 Å². The maximum absolute atomic E-state index is 6.00. The lowest BCUT2D eigenvalue weighted by Gasteiger charge is -2.22. The van der Waals surface area contributed by atoms with Crippen molar-refractivity contribution in [3.8, 4) is 23.0 Å². The Kier molecular flexibility index (Phi) is 2.98. The van der Waals surface area contributed by atoms with Crippen molar-refractivity contribution in [2.45, 2.75) is 19.3 Å². The number of hydrogen-bond acceptors (Lipinski definition) is 4. The molecule has 120 valence electrons. The highest BCUT2D eigenvalue weighted by Gasteiger charge is 2.49. The third-order valence-corrected chi connectivity index (χ3v) is 4.97. The number of ether oxygens (including phenoxy) is 4. The normalized spacial score (nSPS) is 16.5. The topological polar surface area (TPSA) is 36.9 Å².